The predicted molar refractivity (Wildman–Crippen MR) is 129 cm³/mol. The Labute approximate surface area is 186 Å². The lowest BCUT2D eigenvalue weighted by atomic mass is 10.1. The van der Waals surface area contributed by atoms with Gasteiger partial charge in [-0.05, 0) is 44.0 Å². The van der Waals surface area contributed by atoms with E-state index >= 15 is 0 Å². The maximum Gasteiger partial charge on any atom is 0.227 e. The minimum absolute atomic E-state index is 0.140. The summed E-state index contributed by atoms with van der Waals surface area (Å²) >= 11 is 0. The Morgan fingerprint density at radius 1 is 1.00 bits per heavy atom. The highest BCUT2D eigenvalue weighted by Crippen LogP contribution is 2.35. The van der Waals surface area contributed by atoms with Gasteiger partial charge in [-0.2, -0.15) is 0 Å². The van der Waals surface area contributed by atoms with Gasteiger partial charge >= 0.3 is 0 Å². The molecule has 1 aliphatic rings. The smallest absolute Gasteiger partial charge is 0.227 e. The number of amides is 1. The highest BCUT2D eigenvalue weighted by atomic mass is 16.2. The minimum Gasteiger partial charge on any atom is -0.328 e. The van der Waals surface area contributed by atoms with E-state index in [-0.39, 0.29) is 11.8 Å². The molecule has 1 atom stereocenters. The molecule has 1 unspecified atom stereocenters. The molecule has 2 heterocycles. The fourth-order valence-corrected chi connectivity index (χ4v) is 4.91. The average Bonchev–Trinajstić information content (AvgIpc) is 3.31. The van der Waals surface area contributed by atoms with Crippen LogP contribution in [0.3, 0.4) is 0 Å². The second-order valence-electron chi connectivity index (χ2n) is 9.07. The van der Waals surface area contributed by atoms with Crippen LogP contribution in [0.25, 0.3) is 11.0 Å². The average molecular weight is 418 g/mol. The molecular formula is C27H35N3O. The van der Waals surface area contributed by atoms with Crippen LogP contribution in [0.2, 0.25) is 0 Å². The zero-order valence-electron chi connectivity index (χ0n) is 19.2. The van der Waals surface area contributed by atoms with E-state index in [0.717, 1.165) is 29.1 Å². The molecule has 1 aromatic heterocycles. The van der Waals surface area contributed by atoms with E-state index in [1.807, 2.05) is 4.90 Å². The summed E-state index contributed by atoms with van der Waals surface area (Å²) in [5.41, 5.74) is 5.67. The van der Waals surface area contributed by atoms with E-state index in [1.165, 1.54) is 49.6 Å². The van der Waals surface area contributed by atoms with Gasteiger partial charge in [0.15, 0.2) is 0 Å². The maximum atomic E-state index is 13.0. The molecule has 164 valence electrons. The third kappa shape index (κ3) is 4.68. The van der Waals surface area contributed by atoms with E-state index in [4.69, 9.17) is 4.98 Å². The largest absolute Gasteiger partial charge is 0.328 e. The molecule has 1 amide bonds. The lowest BCUT2D eigenvalue weighted by molar-refractivity contribution is -0.117. The molecule has 0 N–H and O–H groups in total. The molecule has 0 spiro atoms. The fraction of sp³-hybridized carbons (Fsp3) is 0.481. The number of aryl methyl sites for hydroxylation is 3. The lowest BCUT2D eigenvalue weighted by Crippen LogP contribution is -2.25. The van der Waals surface area contributed by atoms with Gasteiger partial charge in [-0.25, -0.2) is 4.98 Å². The van der Waals surface area contributed by atoms with Crippen molar-refractivity contribution in [2.45, 2.75) is 78.2 Å². The van der Waals surface area contributed by atoms with Gasteiger partial charge in [0.25, 0.3) is 0 Å². The zero-order valence-corrected chi connectivity index (χ0v) is 19.2. The minimum atomic E-state index is 0.140. The maximum absolute atomic E-state index is 13.0. The van der Waals surface area contributed by atoms with Crippen LogP contribution in [0.15, 0.2) is 42.5 Å². The van der Waals surface area contributed by atoms with Crippen LogP contribution < -0.4 is 4.90 Å². The SMILES string of the molecule is CCCCCCCCn1c(C2CC(=O)N(c3ccc(C)cc3C)C2)nc2ccccc21. The molecule has 0 radical (unpaired) electrons. The van der Waals surface area contributed by atoms with Crippen molar-refractivity contribution >= 4 is 22.6 Å². The van der Waals surface area contributed by atoms with Crippen molar-refractivity contribution in [2.24, 2.45) is 0 Å². The molecule has 4 heteroatoms. The third-order valence-electron chi connectivity index (χ3n) is 6.55. The molecule has 3 aromatic rings. The Balaban J connectivity index is 1.55. The Morgan fingerprint density at radius 3 is 2.58 bits per heavy atom. The van der Waals surface area contributed by atoms with Crippen LogP contribution >= 0.6 is 0 Å². The van der Waals surface area contributed by atoms with Gasteiger partial charge in [0.2, 0.25) is 5.91 Å². The quantitative estimate of drug-likeness (QED) is 0.371. The highest BCUT2D eigenvalue weighted by Gasteiger charge is 2.35. The van der Waals surface area contributed by atoms with E-state index in [9.17, 15) is 4.79 Å². The summed E-state index contributed by atoms with van der Waals surface area (Å²) in [5, 5.41) is 0. The molecule has 1 saturated heterocycles. The van der Waals surface area contributed by atoms with Crippen molar-refractivity contribution in [1.82, 2.24) is 9.55 Å². The Morgan fingerprint density at radius 2 is 1.77 bits per heavy atom. The van der Waals surface area contributed by atoms with Crippen molar-refractivity contribution in [3.63, 3.8) is 0 Å². The van der Waals surface area contributed by atoms with Gasteiger partial charge in [-0.15, -0.1) is 0 Å². The number of imidazole rings is 1. The predicted octanol–water partition coefficient (Wildman–Crippen LogP) is 6.53. The van der Waals surface area contributed by atoms with Crippen molar-refractivity contribution in [3.8, 4) is 0 Å². The van der Waals surface area contributed by atoms with Gasteiger partial charge in [0.05, 0.1) is 11.0 Å². The number of para-hydroxylation sites is 2. The summed E-state index contributed by atoms with van der Waals surface area (Å²) in [6.07, 6.45) is 8.20. The molecule has 0 bridgehead atoms. The standard InChI is InChI=1S/C27H35N3O/c1-4-5-6-7-8-11-16-29-25-13-10-9-12-23(25)28-27(29)22-18-26(31)30(19-22)24-15-14-20(2)17-21(24)3/h9-10,12-15,17,22H,4-8,11,16,18-19H2,1-3H3. The molecule has 1 aliphatic heterocycles. The van der Waals surface area contributed by atoms with Gasteiger partial charge < -0.3 is 9.47 Å². The highest BCUT2D eigenvalue weighted by molar-refractivity contribution is 5.97. The number of hydrogen-bond donors (Lipinski definition) is 0. The fourth-order valence-electron chi connectivity index (χ4n) is 4.91. The number of nitrogens with zero attached hydrogens (tertiary/aromatic N) is 3. The molecule has 4 nitrogen and oxygen atoms in total. The van der Waals surface area contributed by atoms with Crippen molar-refractivity contribution in [2.75, 3.05) is 11.4 Å². The number of aromatic nitrogens is 2. The summed E-state index contributed by atoms with van der Waals surface area (Å²) in [6, 6.07) is 14.7. The summed E-state index contributed by atoms with van der Waals surface area (Å²) in [6.45, 7) is 8.14. The first-order valence-corrected chi connectivity index (χ1v) is 11.9. The first-order chi connectivity index (χ1) is 15.1. The number of rotatable bonds is 9. The molecule has 31 heavy (non-hydrogen) atoms. The second kappa shape index (κ2) is 9.67. The van der Waals surface area contributed by atoms with Gasteiger partial charge in [-0.3, -0.25) is 4.79 Å². The topological polar surface area (TPSA) is 38.1 Å². The first-order valence-electron chi connectivity index (χ1n) is 11.9. The number of fused-ring (bicyclic) bond motifs is 1. The van der Waals surface area contributed by atoms with Crippen molar-refractivity contribution in [3.05, 3.63) is 59.4 Å². The molecule has 2 aromatic carbocycles. The Hall–Kier alpha value is -2.62. The monoisotopic (exact) mass is 417 g/mol. The van der Waals surface area contributed by atoms with Crippen LogP contribution in [-0.4, -0.2) is 22.0 Å². The number of hydrogen-bond acceptors (Lipinski definition) is 2. The lowest BCUT2D eigenvalue weighted by Gasteiger charge is -2.20. The van der Waals surface area contributed by atoms with Crippen molar-refractivity contribution in [1.29, 1.82) is 0 Å². The van der Waals surface area contributed by atoms with E-state index in [0.29, 0.717) is 13.0 Å². The first kappa shape index (κ1) is 21.6. The Bertz CT molecular complexity index is 1050. The number of carbonyl (C=O) groups is 1. The van der Waals surface area contributed by atoms with Crippen LogP contribution in [-0.2, 0) is 11.3 Å². The third-order valence-corrected chi connectivity index (χ3v) is 6.55. The summed E-state index contributed by atoms with van der Waals surface area (Å²) in [5.74, 6) is 1.42. The summed E-state index contributed by atoms with van der Waals surface area (Å²) in [7, 11) is 0. The van der Waals surface area contributed by atoms with Gasteiger partial charge in [0, 0.05) is 31.1 Å². The van der Waals surface area contributed by atoms with Gasteiger partial charge in [-0.1, -0.05) is 68.9 Å². The zero-order chi connectivity index (χ0) is 21.8. The van der Waals surface area contributed by atoms with Gasteiger partial charge in [0.1, 0.15) is 5.82 Å². The van der Waals surface area contributed by atoms with E-state index in [2.05, 4.69) is 67.8 Å². The van der Waals surface area contributed by atoms with Crippen LogP contribution in [0, 0.1) is 13.8 Å². The number of anilines is 1. The molecule has 0 saturated carbocycles. The summed E-state index contributed by atoms with van der Waals surface area (Å²) in [4.78, 5) is 19.9. The van der Waals surface area contributed by atoms with E-state index in [1.54, 1.807) is 0 Å². The molecular weight excluding hydrogens is 382 g/mol. The second-order valence-corrected chi connectivity index (χ2v) is 9.07. The molecule has 1 fully saturated rings. The van der Waals surface area contributed by atoms with E-state index < -0.39 is 0 Å². The number of unbranched alkanes of at least 4 members (excludes halogenated alkanes) is 5. The molecule has 0 aliphatic carbocycles. The van der Waals surface area contributed by atoms with Crippen LogP contribution in [0.5, 0.6) is 0 Å². The number of benzene rings is 2. The van der Waals surface area contributed by atoms with Crippen molar-refractivity contribution < 1.29 is 4.79 Å². The van der Waals surface area contributed by atoms with Crippen LogP contribution in [0.4, 0.5) is 5.69 Å². The van der Waals surface area contributed by atoms with Crippen LogP contribution in [0.1, 0.15) is 74.7 Å². The summed E-state index contributed by atoms with van der Waals surface area (Å²) < 4.78 is 2.39. The normalized spacial score (nSPS) is 16.5. The number of carbonyl (C=O) groups excluding carboxylic acids is 1. The molecule has 4 rings (SSSR count). The Kier molecular flexibility index (Phi) is 6.74.